The lowest BCUT2D eigenvalue weighted by Gasteiger charge is -1.96. The Morgan fingerprint density at radius 3 is 3.00 bits per heavy atom. The highest BCUT2D eigenvalue weighted by atomic mass is 32.1. The Labute approximate surface area is 93.1 Å². The third-order valence-electron chi connectivity index (χ3n) is 2.83. The van der Waals surface area contributed by atoms with Gasteiger partial charge in [0.1, 0.15) is 0 Å². The Kier molecular flexibility index (Phi) is 2.22. The van der Waals surface area contributed by atoms with Crippen LogP contribution in [0.5, 0.6) is 0 Å². The van der Waals surface area contributed by atoms with E-state index in [9.17, 15) is 0 Å². The molecule has 0 unspecified atom stereocenters. The van der Waals surface area contributed by atoms with Gasteiger partial charge in [-0.25, -0.2) is 4.98 Å². The molecule has 2 aromatic rings. The SMILES string of the molecule is NCCc1ccc2nc(C3CC3)sc2c1. The predicted molar refractivity (Wildman–Crippen MR) is 64.4 cm³/mol. The van der Waals surface area contributed by atoms with Crippen molar-refractivity contribution in [3.63, 3.8) is 0 Å². The van der Waals surface area contributed by atoms with Crippen molar-refractivity contribution in [2.75, 3.05) is 6.54 Å². The van der Waals surface area contributed by atoms with Crippen molar-refractivity contribution in [2.45, 2.75) is 25.2 Å². The molecule has 0 spiro atoms. The maximum absolute atomic E-state index is 5.56. The van der Waals surface area contributed by atoms with E-state index in [1.165, 1.54) is 28.1 Å². The minimum absolute atomic E-state index is 0.722. The lowest BCUT2D eigenvalue weighted by molar-refractivity contribution is 0.971. The molecule has 1 heterocycles. The first-order chi connectivity index (χ1) is 7.36. The summed E-state index contributed by atoms with van der Waals surface area (Å²) in [5.41, 5.74) is 8.04. The molecular formula is C12H14N2S. The van der Waals surface area contributed by atoms with Crippen LogP contribution in [0.1, 0.15) is 29.3 Å². The summed E-state index contributed by atoms with van der Waals surface area (Å²) in [5, 5.41) is 1.33. The Morgan fingerprint density at radius 1 is 1.40 bits per heavy atom. The lowest BCUT2D eigenvalue weighted by atomic mass is 10.1. The van der Waals surface area contributed by atoms with Crippen LogP contribution >= 0.6 is 11.3 Å². The smallest absolute Gasteiger partial charge is 0.0969 e. The van der Waals surface area contributed by atoms with Crippen LogP contribution in [0, 0.1) is 0 Å². The molecule has 0 radical (unpaired) electrons. The van der Waals surface area contributed by atoms with Gasteiger partial charge in [0, 0.05) is 5.92 Å². The maximum atomic E-state index is 5.56. The highest BCUT2D eigenvalue weighted by molar-refractivity contribution is 7.18. The quantitative estimate of drug-likeness (QED) is 0.860. The van der Waals surface area contributed by atoms with Crippen LogP contribution in [0.3, 0.4) is 0 Å². The number of thiazole rings is 1. The summed E-state index contributed by atoms with van der Waals surface area (Å²) in [5.74, 6) is 0.764. The maximum Gasteiger partial charge on any atom is 0.0969 e. The Bertz CT molecular complexity index is 485. The molecule has 0 saturated heterocycles. The number of rotatable bonds is 3. The van der Waals surface area contributed by atoms with E-state index in [1.807, 2.05) is 11.3 Å². The number of hydrogen-bond donors (Lipinski definition) is 1. The van der Waals surface area contributed by atoms with Gasteiger partial charge in [0.05, 0.1) is 15.2 Å². The van der Waals surface area contributed by atoms with E-state index < -0.39 is 0 Å². The van der Waals surface area contributed by atoms with Crippen LogP contribution in [0.15, 0.2) is 18.2 Å². The van der Waals surface area contributed by atoms with Gasteiger partial charge < -0.3 is 5.73 Å². The first-order valence-corrected chi connectivity index (χ1v) is 6.28. The predicted octanol–water partition coefficient (Wildman–Crippen LogP) is 2.67. The van der Waals surface area contributed by atoms with Crippen molar-refractivity contribution in [1.29, 1.82) is 0 Å². The molecule has 0 atom stereocenters. The molecule has 2 N–H and O–H groups in total. The first-order valence-electron chi connectivity index (χ1n) is 5.46. The van der Waals surface area contributed by atoms with Gasteiger partial charge in [0.2, 0.25) is 0 Å². The van der Waals surface area contributed by atoms with Gasteiger partial charge in [0.25, 0.3) is 0 Å². The molecule has 3 rings (SSSR count). The van der Waals surface area contributed by atoms with Gasteiger partial charge >= 0.3 is 0 Å². The lowest BCUT2D eigenvalue weighted by Crippen LogP contribution is -2.02. The molecule has 1 aromatic heterocycles. The van der Waals surface area contributed by atoms with E-state index in [0.29, 0.717) is 0 Å². The molecule has 15 heavy (non-hydrogen) atoms. The normalized spacial score (nSPS) is 16.1. The second-order valence-electron chi connectivity index (χ2n) is 4.17. The molecule has 0 aliphatic heterocycles. The fourth-order valence-corrected chi connectivity index (χ4v) is 3.01. The van der Waals surface area contributed by atoms with Crippen LogP contribution in [0.25, 0.3) is 10.2 Å². The van der Waals surface area contributed by atoms with Gasteiger partial charge in [-0.1, -0.05) is 6.07 Å². The highest BCUT2D eigenvalue weighted by Gasteiger charge is 2.26. The molecule has 0 amide bonds. The van der Waals surface area contributed by atoms with Crippen LogP contribution in [-0.4, -0.2) is 11.5 Å². The van der Waals surface area contributed by atoms with E-state index in [0.717, 1.165) is 24.4 Å². The Morgan fingerprint density at radius 2 is 2.27 bits per heavy atom. The van der Waals surface area contributed by atoms with Crippen molar-refractivity contribution in [3.05, 3.63) is 28.8 Å². The summed E-state index contributed by atoms with van der Waals surface area (Å²) in [7, 11) is 0. The summed E-state index contributed by atoms with van der Waals surface area (Å²) in [6.07, 6.45) is 3.62. The average Bonchev–Trinajstić information content (AvgIpc) is 2.99. The number of nitrogens with two attached hydrogens (primary N) is 1. The largest absolute Gasteiger partial charge is 0.330 e. The highest BCUT2D eigenvalue weighted by Crippen LogP contribution is 2.43. The van der Waals surface area contributed by atoms with Gasteiger partial charge in [0.15, 0.2) is 0 Å². The number of fused-ring (bicyclic) bond motifs is 1. The molecule has 1 saturated carbocycles. The van der Waals surface area contributed by atoms with E-state index >= 15 is 0 Å². The van der Waals surface area contributed by atoms with Crippen molar-refractivity contribution >= 4 is 21.6 Å². The van der Waals surface area contributed by atoms with Crippen molar-refractivity contribution in [3.8, 4) is 0 Å². The van der Waals surface area contributed by atoms with Gasteiger partial charge in [-0.15, -0.1) is 11.3 Å². The van der Waals surface area contributed by atoms with Gasteiger partial charge in [-0.05, 0) is 43.5 Å². The van der Waals surface area contributed by atoms with Crippen LogP contribution in [0.2, 0.25) is 0 Å². The molecule has 1 aromatic carbocycles. The summed E-state index contributed by atoms with van der Waals surface area (Å²) in [6, 6.07) is 6.51. The Hall–Kier alpha value is -0.930. The van der Waals surface area contributed by atoms with E-state index in [-0.39, 0.29) is 0 Å². The van der Waals surface area contributed by atoms with Gasteiger partial charge in [-0.3, -0.25) is 0 Å². The standard InChI is InChI=1S/C12H14N2S/c13-6-5-8-1-4-10-11(7-8)15-12(14-10)9-2-3-9/h1,4,7,9H,2-3,5-6,13H2. The zero-order valence-electron chi connectivity index (χ0n) is 8.57. The van der Waals surface area contributed by atoms with E-state index in [4.69, 9.17) is 5.73 Å². The zero-order chi connectivity index (χ0) is 10.3. The molecule has 0 bridgehead atoms. The summed E-state index contributed by atoms with van der Waals surface area (Å²) in [6.45, 7) is 0.722. The fraction of sp³-hybridized carbons (Fsp3) is 0.417. The minimum atomic E-state index is 0.722. The molecule has 3 heteroatoms. The van der Waals surface area contributed by atoms with E-state index in [2.05, 4.69) is 23.2 Å². The summed E-state index contributed by atoms with van der Waals surface area (Å²) >= 11 is 1.86. The number of aromatic nitrogens is 1. The van der Waals surface area contributed by atoms with Crippen LogP contribution in [-0.2, 0) is 6.42 Å². The molecular weight excluding hydrogens is 204 g/mol. The topological polar surface area (TPSA) is 38.9 Å². The van der Waals surface area contributed by atoms with E-state index in [1.54, 1.807) is 0 Å². The molecule has 1 aliphatic rings. The fourth-order valence-electron chi connectivity index (χ4n) is 1.81. The summed E-state index contributed by atoms with van der Waals surface area (Å²) < 4.78 is 1.32. The molecule has 2 nitrogen and oxygen atoms in total. The summed E-state index contributed by atoms with van der Waals surface area (Å²) in [4.78, 5) is 4.66. The first kappa shape index (κ1) is 9.31. The molecule has 78 valence electrons. The van der Waals surface area contributed by atoms with Gasteiger partial charge in [-0.2, -0.15) is 0 Å². The zero-order valence-corrected chi connectivity index (χ0v) is 9.39. The second-order valence-corrected chi connectivity index (χ2v) is 5.23. The van der Waals surface area contributed by atoms with Crippen LogP contribution in [0.4, 0.5) is 0 Å². The van der Waals surface area contributed by atoms with Crippen molar-refractivity contribution < 1.29 is 0 Å². The minimum Gasteiger partial charge on any atom is -0.330 e. The third-order valence-corrected chi connectivity index (χ3v) is 4.01. The van der Waals surface area contributed by atoms with Crippen LogP contribution < -0.4 is 5.73 Å². The van der Waals surface area contributed by atoms with Crippen molar-refractivity contribution in [1.82, 2.24) is 4.98 Å². The number of nitrogens with zero attached hydrogens (tertiary/aromatic N) is 1. The Balaban J connectivity index is 2.02. The average molecular weight is 218 g/mol. The monoisotopic (exact) mass is 218 g/mol. The van der Waals surface area contributed by atoms with Crippen molar-refractivity contribution in [2.24, 2.45) is 5.73 Å². The second kappa shape index (κ2) is 3.58. The number of benzene rings is 1. The third kappa shape index (κ3) is 1.77. The molecule has 1 fully saturated rings. The number of hydrogen-bond acceptors (Lipinski definition) is 3. The molecule has 1 aliphatic carbocycles.